The van der Waals surface area contributed by atoms with Crippen molar-refractivity contribution in [1.29, 1.82) is 0 Å². The van der Waals surface area contributed by atoms with Gasteiger partial charge < -0.3 is 0 Å². The molecule has 3 saturated carbocycles. The van der Waals surface area contributed by atoms with E-state index < -0.39 is 0 Å². The fourth-order valence-corrected chi connectivity index (χ4v) is 11.0. The van der Waals surface area contributed by atoms with Crippen molar-refractivity contribution in [2.45, 2.75) is 134 Å². The Kier molecular flexibility index (Phi) is 7.09. The Morgan fingerprint density at radius 3 is 2.06 bits per heavy atom. The molecule has 1 nitrogen and oxygen atoms in total. The maximum Gasteiger partial charge on any atom is 0.162 e. The molecule has 4 aliphatic carbocycles. The summed E-state index contributed by atoms with van der Waals surface area (Å²) in [6.45, 7) is 30.0. The number of carbonyl (C=O) groups is 1. The molecule has 0 amide bonds. The average Bonchev–Trinajstić information content (AvgIpc) is 2.75. The Morgan fingerprint density at radius 1 is 0.861 bits per heavy atom. The third kappa shape index (κ3) is 3.78. The van der Waals surface area contributed by atoms with Crippen LogP contribution in [0.4, 0.5) is 0 Å². The van der Waals surface area contributed by atoms with Crippen molar-refractivity contribution >= 4 is 5.78 Å². The summed E-state index contributed by atoms with van der Waals surface area (Å²) in [4.78, 5) is 14.1. The largest absolute Gasteiger partial charge is 0.294 e. The lowest BCUT2D eigenvalue weighted by molar-refractivity contribution is -0.173. The molecule has 1 heteroatoms. The molecule has 0 radical (unpaired) electrons. The van der Waals surface area contributed by atoms with Gasteiger partial charge in [-0.15, -0.1) is 0 Å². The predicted molar refractivity (Wildman–Crippen MR) is 155 cm³/mol. The maximum absolute atomic E-state index is 14.1. The van der Waals surface area contributed by atoms with Crippen molar-refractivity contribution in [3.8, 4) is 0 Å². The minimum atomic E-state index is -0.204. The first-order valence-corrected chi connectivity index (χ1v) is 15.7. The average molecular weight is 497 g/mol. The monoisotopic (exact) mass is 496 g/mol. The molecular weight excluding hydrogens is 436 g/mol. The van der Waals surface area contributed by atoms with Crippen LogP contribution >= 0.6 is 0 Å². The number of rotatable bonds is 5. The van der Waals surface area contributed by atoms with Crippen molar-refractivity contribution in [3.05, 3.63) is 11.6 Å². The molecule has 10 atom stereocenters. The molecule has 0 aliphatic heterocycles. The minimum Gasteiger partial charge on any atom is -0.294 e. The summed E-state index contributed by atoms with van der Waals surface area (Å²) in [6.07, 6.45) is 12.4. The first-order valence-electron chi connectivity index (χ1n) is 15.7. The van der Waals surface area contributed by atoms with Crippen LogP contribution in [0.2, 0.25) is 0 Å². The van der Waals surface area contributed by atoms with Crippen molar-refractivity contribution < 1.29 is 4.79 Å². The van der Waals surface area contributed by atoms with Gasteiger partial charge in [-0.3, -0.25) is 4.79 Å². The zero-order valence-electron chi connectivity index (χ0n) is 26.2. The van der Waals surface area contributed by atoms with Crippen LogP contribution in [0.5, 0.6) is 0 Å². The van der Waals surface area contributed by atoms with Gasteiger partial charge in [0.1, 0.15) is 0 Å². The van der Waals surface area contributed by atoms with Gasteiger partial charge in [0, 0.05) is 5.41 Å². The summed E-state index contributed by atoms with van der Waals surface area (Å²) in [6, 6.07) is 0. The molecule has 4 rings (SSSR count). The first-order chi connectivity index (χ1) is 16.5. The quantitative estimate of drug-likeness (QED) is 0.370. The van der Waals surface area contributed by atoms with E-state index in [9.17, 15) is 4.79 Å². The number of hydrogen-bond acceptors (Lipinski definition) is 1. The van der Waals surface area contributed by atoms with Crippen LogP contribution < -0.4 is 0 Å². The van der Waals surface area contributed by atoms with Crippen LogP contribution in [0.1, 0.15) is 134 Å². The number of ketones is 1. The molecule has 3 fully saturated rings. The molecule has 206 valence electrons. The highest BCUT2D eigenvalue weighted by molar-refractivity contribution is 5.97. The highest BCUT2D eigenvalue weighted by Gasteiger charge is 2.69. The predicted octanol–water partition coefficient (Wildman–Crippen LogP) is 10.1. The zero-order valence-corrected chi connectivity index (χ0v) is 26.2. The molecule has 0 saturated heterocycles. The van der Waals surface area contributed by atoms with Gasteiger partial charge in [-0.2, -0.15) is 0 Å². The topological polar surface area (TPSA) is 17.1 Å². The molecule has 1 unspecified atom stereocenters. The van der Waals surface area contributed by atoms with E-state index in [4.69, 9.17) is 0 Å². The SMILES string of the molecule is CC(C)CC[C@@H](C)C(C)(C)[C@H]1CCC[C@@]2(C)C3=CC(=O)[C@]4(C)C[C@@H](C)[C@@H](C)C[C@]4(C)C3[C@H](C)C[C@]12C. The van der Waals surface area contributed by atoms with Crippen LogP contribution in [-0.4, -0.2) is 5.78 Å². The van der Waals surface area contributed by atoms with Crippen molar-refractivity contribution in [2.24, 2.45) is 68.5 Å². The van der Waals surface area contributed by atoms with E-state index >= 15 is 0 Å². The molecule has 0 heterocycles. The second kappa shape index (κ2) is 8.98. The van der Waals surface area contributed by atoms with E-state index in [1.54, 1.807) is 5.57 Å². The number of hydrogen-bond donors (Lipinski definition) is 0. The van der Waals surface area contributed by atoms with Gasteiger partial charge in [0.25, 0.3) is 0 Å². The first kappa shape index (κ1) is 28.4. The van der Waals surface area contributed by atoms with E-state index in [1.807, 2.05) is 0 Å². The van der Waals surface area contributed by atoms with Gasteiger partial charge in [-0.25, -0.2) is 0 Å². The van der Waals surface area contributed by atoms with Crippen LogP contribution in [0.15, 0.2) is 11.6 Å². The van der Waals surface area contributed by atoms with Crippen LogP contribution in [0.25, 0.3) is 0 Å². The fourth-order valence-electron chi connectivity index (χ4n) is 11.0. The van der Waals surface area contributed by atoms with E-state index in [0.29, 0.717) is 40.8 Å². The van der Waals surface area contributed by atoms with Gasteiger partial charge in [0.2, 0.25) is 0 Å². The summed E-state index contributed by atoms with van der Waals surface area (Å²) in [5.41, 5.74) is 2.14. The van der Waals surface area contributed by atoms with Crippen molar-refractivity contribution in [3.63, 3.8) is 0 Å². The van der Waals surface area contributed by atoms with E-state index in [2.05, 4.69) is 89.2 Å². The molecule has 0 bridgehead atoms. The van der Waals surface area contributed by atoms with Gasteiger partial charge in [-0.05, 0) is 108 Å². The van der Waals surface area contributed by atoms with Crippen molar-refractivity contribution in [1.82, 2.24) is 0 Å². The molecule has 0 N–H and O–H groups in total. The highest BCUT2D eigenvalue weighted by atomic mass is 16.1. The Balaban J connectivity index is 1.79. The van der Waals surface area contributed by atoms with Gasteiger partial charge in [-0.1, -0.05) is 101 Å². The number of fused-ring (bicyclic) bond motifs is 5. The molecule has 4 aliphatic rings. The Morgan fingerprint density at radius 2 is 1.44 bits per heavy atom. The Bertz CT molecular complexity index is 894. The smallest absolute Gasteiger partial charge is 0.162 e. The molecule has 0 aromatic rings. The van der Waals surface area contributed by atoms with Gasteiger partial charge in [0.15, 0.2) is 5.78 Å². The summed E-state index contributed by atoms with van der Waals surface area (Å²) in [7, 11) is 0. The van der Waals surface area contributed by atoms with E-state index in [0.717, 1.165) is 18.3 Å². The number of carbonyl (C=O) groups excluding carboxylic acids is 1. The van der Waals surface area contributed by atoms with E-state index in [1.165, 1.54) is 44.9 Å². The van der Waals surface area contributed by atoms with Gasteiger partial charge >= 0.3 is 0 Å². The maximum atomic E-state index is 14.1. The summed E-state index contributed by atoms with van der Waals surface area (Å²) >= 11 is 0. The molecule has 0 aromatic heterocycles. The zero-order chi connectivity index (χ0) is 27.1. The standard InChI is InChI=1S/C35H60O/c1-22(2)15-16-26(6)31(7,8)28-14-13-17-32(9)27-18-29(36)34(11)19-23(3)24(4)20-35(34,12)30(27)25(5)21-33(28,32)10/h18,22-26,28,30H,13-17,19-21H2,1-12H3/t23-,24+,25-,26-,28-,30?,32+,33-,34+,35-/m1/s1. The van der Waals surface area contributed by atoms with Crippen LogP contribution in [0.3, 0.4) is 0 Å². The lowest BCUT2D eigenvalue weighted by Crippen LogP contribution is -2.65. The minimum absolute atomic E-state index is 0.0802. The van der Waals surface area contributed by atoms with Crippen LogP contribution in [0, 0.1) is 68.5 Å². The second-order valence-electron chi connectivity index (χ2n) is 16.6. The fraction of sp³-hybridized carbons (Fsp3) is 0.914. The molecule has 36 heavy (non-hydrogen) atoms. The third-order valence-electron chi connectivity index (χ3n) is 14.1. The summed E-state index contributed by atoms with van der Waals surface area (Å²) < 4.78 is 0. The molecule has 0 aromatic carbocycles. The summed E-state index contributed by atoms with van der Waals surface area (Å²) in [5, 5.41) is 0. The number of allylic oxidation sites excluding steroid dienone is 2. The normalized spacial score (nSPS) is 48.1. The van der Waals surface area contributed by atoms with E-state index in [-0.39, 0.29) is 21.7 Å². The summed E-state index contributed by atoms with van der Waals surface area (Å²) in [5.74, 6) is 5.18. The second-order valence-corrected chi connectivity index (χ2v) is 16.6. The molecular formula is C35H60O. The van der Waals surface area contributed by atoms with Crippen LogP contribution in [-0.2, 0) is 4.79 Å². The lowest BCUT2D eigenvalue weighted by Gasteiger charge is -2.70. The highest BCUT2D eigenvalue weighted by Crippen LogP contribution is 2.75. The van der Waals surface area contributed by atoms with Crippen molar-refractivity contribution in [2.75, 3.05) is 0 Å². The van der Waals surface area contributed by atoms with Gasteiger partial charge in [0.05, 0.1) is 0 Å². The lowest BCUT2D eigenvalue weighted by atomic mass is 9.33. The Labute approximate surface area is 225 Å². The third-order valence-corrected chi connectivity index (χ3v) is 14.1. The Hall–Kier alpha value is -0.590. The molecule has 0 spiro atoms.